The van der Waals surface area contributed by atoms with Crippen LogP contribution in [0.1, 0.15) is 53.4 Å². The fourth-order valence-corrected chi connectivity index (χ4v) is 2.62. The molecule has 0 heterocycles. The van der Waals surface area contributed by atoms with Crippen LogP contribution >= 0.6 is 0 Å². The predicted octanol–water partition coefficient (Wildman–Crippen LogP) is -1.57. The van der Waals surface area contributed by atoms with E-state index in [1.54, 1.807) is 0 Å². The third-order valence-corrected chi connectivity index (χ3v) is 4.48. The minimum atomic E-state index is -1.20. The van der Waals surface area contributed by atoms with E-state index < -0.39 is 54.0 Å². The Hall–Kier alpha value is -2.24. The van der Waals surface area contributed by atoms with Crippen molar-refractivity contribution < 1.29 is 29.4 Å². The van der Waals surface area contributed by atoms with E-state index in [1.807, 2.05) is 13.8 Å². The highest BCUT2D eigenvalue weighted by atomic mass is 16.4. The van der Waals surface area contributed by atoms with Gasteiger partial charge in [0.05, 0.1) is 6.10 Å². The van der Waals surface area contributed by atoms with E-state index in [0.29, 0.717) is 19.4 Å². The van der Waals surface area contributed by atoms with Gasteiger partial charge in [-0.1, -0.05) is 13.8 Å². The van der Waals surface area contributed by atoms with Crippen LogP contribution in [0, 0.1) is 5.92 Å². The van der Waals surface area contributed by atoms with Crippen molar-refractivity contribution in [1.82, 2.24) is 16.0 Å². The maximum absolute atomic E-state index is 12.7. The Morgan fingerprint density at radius 1 is 0.867 bits per heavy atom. The Morgan fingerprint density at radius 3 is 1.90 bits per heavy atom. The fourth-order valence-electron chi connectivity index (χ4n) is 2.62. The Labute approximate surface area is 177 Å². The molecule has 0 spiro atoms. The number of carbonyl (C=O) groups excluding carboxylic acids is 3. The van der Waals surface area contributed by atoms with E-state index in [2.05, 4.69) is 16.0 Å². The van der Waals surface area contributed by atoms with Gasteiger partial charge < -0.3 is 37.6 Å². The minimum absolute atomic E-state index is 0.0463. The molecular weight excluding hydrogens is 394 g/mol. The van der Waals surface area contributed by atoms with Gasteiger partial charge in [-0.15, -0.1) is 0 Å². The van der Waals surface area contributed by atoms with Crippen molar-refractivity contribution >= 4 is 23.7 Å². The van der Waals surface area contributed by atoms with Crippen LogP contribution in [-0.4, -0.2) is 70.7 Å². The first-order valence-corrected chi connectivity index (χ1v) is 10.2. The number of rotatable bonds is 14. The molecule has 0 aliphatic carbocycles. The fraction of sp³-hybridized carbons (Fsp3) is 0.789. The summed E-state index contributed by atoms with van der Waals surface area (Å²) in [5, 5.41) is 26.1. The van der Waals surface area contributed by atoms with E-state index in [1.165, 1.54) is 13.8 Å². The van der Waals surface area contributed by atoms with Crippen LogP contribution in [0.4, 0.5) is 0 Å². The molecule has 174 valence electrons. The van der Waals surface area contributed by atoms with Gasteiger partial charge in [0.1, 0.15) is 24.2 Å². The molecule has 0 aromatic carbocycles. The van der Waals surface area contributed by atoms with Crippen LogP contribution in [-0.2, 0) is 19.2 Å². The number of unbranched alkanes of at least 4 members (excludes halogenated alkanes) is 1. The van der Waals surface area contributed by atoms with Crippen LogP contribution in [0.15, 0.2) is 0 Å². The van der Waals surface area contributed by atoms with E-state index in [9.17, 15) is 29.4 Å². The van der Waals surface area contributed by atoms with Crippen LogP contribution in [0.2, 0.25) is 0 Å². The van der Waals surface area contributed by atoms with Crippen molar-refractivity contribution in [3.05, 3.63) is 0 Å². The Kier molecular flexibility index (Phi) is 12.8. The summed E-state index contributed by atoms with van der Waals surface area (Å²) in [6, 6.07) is -4.27. The second kappa shape index (κ2) is 13.9. The Bertz CT molecular complexity index is 584. The number of nitrogens with one attached hydrogen (secondary N) is 3. The smallest absolute Gasteiger partial charge is 0.326 e. The summed E-state index contributed by atoms with van der Waals surface area (Å²) in [5.41, 5.74) is 11.0. The summed E-state index contributed by atoms with van der Waals surface area (Å²) in [6.45, 7) is 6.85. The number of aliphatic hydroxyl groups excluding tert-OH is 1. The molecule has 3 amide bonds. The minimum Gasteiger partial charge on any atom is -0.480 e. The Morgan fingerprint density at radius 2 is 1.43 bits per heavy atom. The number of amides is 3. The monoisotopic (exact) mass is 431 g/mol. The Balaban J connectivity index is 5.13. The van der Waals surface area contributed by atoms with E-state index in [0.717, 1.165) is 0 Å². The first-order valence-electron chi connectivity index (χ1n) is 10.2. The molecule has 0 fully saturated rings. The highest BCUT2D eigenvalue weighted by molar-refractivity contribution is 5.93. The molecule has 0 aromatic heterocycles. The molecule has 30 heavy (non-hydrogen) atoms. The topological polar surface area (TPSA) is 197 Å². The lowest BCUT2D eigenvalue weighted by molar-refractivity contribution is -0.142. The predicted molar refractivity (Wildman–Crippen MR) is 111 cm³/mol. The molecule has 0 saturated carbocycles. The van der Waals surface area contributed by atoms with Crippen LogP contribution in [0.25, 0.3) is 0 Å². The molecule has 0 bridgehead atoms. The molecule has 0 aliphatic heterocycles. The number of hydrogen-bond donors (Lipinski definition) is 7. The molecule has 11 heteroatoms. The van der Waals surface area contributed by atoms with Crippen molar-refractivity contribution in [2.75, 3.05) is 6.54 Å². The molecule has 9 N–H and O–H groups in total. The average Bonchev–Trinajstić information content (AvgIpc) is 2.65. The zero-order valence-corrected chi connectivity index (χ0v) is 18.2. The number of carbonyl (C=O) groups is 4. The summed E-state index contributed by atoms with van der Waals surface area (Å²) in [5.74, 6) is -3.07. The molecule has 0 saturated heterocycles. The first-order chi connectivity index (χ1) is 13.9. The number of aliphatic hydroxyl groups is 1. The van der Waals surface area contributed by atoms with Crippen molar-refractivity contribution in [2.24, 2.45) is 17.4 Å². The summed E-state index contributed by atoms with van der Waals surface area (Å²) < 4.78 is 0. The first kappa shape index (κ1) is 27.8. The summed E-state index contributed by atoms with van der Waals surface area (Å²) in [7, 11) is 0. The summed E-state index contributed by atoms with van der Waals surface area (Å²) in [6.07, 6.45) is 0.586. The van der Waals surface area contributed by atoms with Crippen molar-refractivity contribution in [1.29, 1.82) is 0 Å². The maximum Gasteiger partial charge on any atom is 0.326 e. The number of aliphatic carboxylic acids is 1. The summed E-state index contributed by atoms with van der Waals surface area (Å²) in [4.78, 5) is 48.5. The number of carboxylic acids is 1. The normalized spacial score (nSPS) is 16.1. The zero-order valence-electron chi connectivity index (χ0n) is 18.2. The van der Waals surface area contributed by atoms with Gasteiger partial charge in [-0.3, -0.25) is 14.4 Å². The van der Waals surface area contributed by atoms with Crippen LogP contribution in [0.3, 0.4) is 0 Å². The van der Waals surface area contributed by atoms with Gasteiger partial charge >= 0.3 is 5.97 Å². The van der Waals surface area contributed by atoms with Gasteiger partial charge in [-0.2, -0.15) is 0 Å². The van der Waals surface area contributed by atoms with Crippen molar-refractivity contribution in [3.63, 3.8) is 0 Å². The van der Waals surface area contributed by atoms with Gasteiger partial charge in [0.15, 0.2) is 0 Å². The molecule has 5 unspecified atom stereocenters. The largest absolute Gasteiger partial charge is 0.480 e. The maximum atomic E-state index is 12.7. The molecule has 0 aliphatic rings. The quantitative estimate of drug-likeness (QED) is 0.160. The SMILES string of the molecule is CC(C)CC(NC(=O)C(CCCCN)NC(=O)C(C)NC(=O)C(N)C(C)O)C(=O)O. The van der Waals surface area contributed by atoms with Crippen LogP contribution in [0.5, 0.6) is 0 Å². The van der Waals surface area contributed by atoms with Crippen LogP contribution < -0.4 is 27.4 Å². The lowest BCUT2D eigenvalue weighted by Crippen LogP contribution is -2.57. The van der Waals surface area contributed by atoms with Gasteiger partial charge in [-0.05, 0) is 52.0 Å². The molecule has 11 nitrogen and oxygen atoms in total. The lowest BCUT2D eigenvalue weighted by atomic mass is 10.0. The number of hydrogen-bond acceptors (Lipinski definition) is 7. The van der Waals surface area contributed by atoms with Gasteiger partial charge in [0.25, 0.3) is 0 Å². The third-order valence-electron chi connectivity index (χ3n) is 4.48. The summed E-state index contributed by atoms with van der Waals surface area (Å²) >= 11 is 0. The standard InChI is InChI=1S/C19H37N5O6/c1-10(2)9-14(19(29)30)24-17(27)13(7-5-6-8-20)23-16(26)11(3)22-18(28)15(21)12(4)25/h10-15,25H,5-9,20-21H2,1-4H3,(H,22,28)(H,23,26)(H,24,27)(H,29,30). The molecule has 0 rings (SSSR count). The highest BCUT2D eigenvalue weighted by Crippen LogP contribution is 2.07. The second-order valence-electron chi connectivity index (χ2n) is 7.87. The van der Waals surface area contributed by atoms with Gasteiger partial charge in [0, 0.05) is 0 Å². The van der Waals surface area contributed by atoms with Crippen molar-refractivity contribution in [3.8, 4) is 0 Å². The molecule has 0 radical (unpaired) electrons. The van der Waals surface area contributed by atoms with E-state index >= 15 is 0 Å². The second-order valence-corrected chi connectivity index (χ2v) is 7.87. The number of nitrogens with two attached hydrogens (primary N) is 2. The molecule has 0 aromatic rings. The number of carboxylic acid groups (broad SMARTS) is 1. The van der Waals surface area contributed by atoms with Crippen molar-refractivity contribution in [2.45, 2.75) is 83.6 Å². The average molecular weight is 432 g/mol. The van der Waals surface area contributed by atoms with Gasteiger partial charge in [-0.25, -0.2) is 4.79 Å². The molecular formula is C19H37N5O6. The van der Waals surface area contributed by atoms with E-state index in [4.69, 9.17) is 11.5 Å². The van der Waals surface area contributed by atoms with Gasteiger partial charge in [0.2, 0.25) is 17.7 Å². The van der Waals surface area contributed by atoms with E-state index in [-0.39, 0.29) is 18.8 Å². The molecule has 5 atom stereocenters. The third kappa shape index (κ3) is 10.5. The highest BCUT2D eigenvalue weighted by Gasteiger charge is 2.29. The lowest BCUT2D eigenvalue weighted by Gasteiger charge is -2.24. The zero-order chi connectivity index (χ0) is 23.4.